The van der Waals surface area contributed by atoms with Crippen LogP contribution in [0.3, 0.4) is 0 Å². The highest BCUT2D eigenvalue weighted by Gasteiger charge is 2.74. The Morgan fingerprint density at radius 1 is 1.30 bits per heavy atom. The van der Waals surface area contributed by atoms with Crippen LogP contribution >= 0.6 is 0 Å². The summed E-state index contributed by atoms with van der Waals surface area (Å²) >= 11 is 0. The molecule has 0 heterocycles. The minimum atomic E-state index is -0.736. The fraction of sp³-hybridized carbons (Fsp3) is 0.826. The fourth-order valence-corrected chi connectivity index (χ4v) is 7.93. The number of hydrogen-bond donors (Lipinski definition) is 3. The van der Waals surface area contributed by atoms with Crippen molar-refractivity contribution in [1.82, 2.24) is 0 Å². The highest BCUT2D eigenvalue weighted by atomic mass is 16.5. The molecule has 1 spiro atoms. The molecular formula is C23H36O4. The van der Waals surface area contributed by atoms with E-state index in [2.05, 4.69) is 26.5 Å². The molecule has 5 rings (SSSR count). The van der Waals surface area contributed by atoms with E-state index in [0.717, 1.165) is 37.7 Å². The molecule has 0 aliphatic heterocycles. The van der Waals surface area contributed by atoms with Gasteiger partial charge in [-0.2, -0.15) is 0 Å². The van der Waals surface area contributed by atoms with Crippen LogP contribution in [0.2, 0.25) is 0 Å². The number of fused-ring (bicyclic) bond motifs is 4. The largest absolute Gasteiger partial charge is 0.396 e. The van der Waals surface area contributed by atoms with E-state index in [-0.39, 0.29) is 23.9 Å². The quantitative estimate of drug-likeness (QED) is 0.662. The van der Waals surface area contributed by atoms with Crippen LogP contribution in [0.5, 0.6) is 0 Å². The Hall–Kier alpha value is -0.680. The monoisotopic (exact) mass is 376 g/mol. The third-order valence-electron chi connectivity index (χ3n) is 9.14. The minimum absolute atomic E-state index is 0.000509. The smallest absolute Gasteiger partial charge is 0.0931 e. The fourth-order valence-electron chi connectivity index (χ4n) is 7.93. The normalized spacial score (nSPS) is 54.1. The average molecular weight is 377 g/mol. The van der Waals surface area contributed by atoms with Crippen LogP contribution in [0.15, 0.2) is 24.3 Å². The van der Waals surface area contributed by atoms with Gasteiger partial charge in [0.05, 0.1) is 23.9 Å². The zero-order chi connectivity index (χ0) is 19.8. The summed E-state index contributed by atoms with van der Waals surface area (Å²) in [6.45, 7) is 10.8. The molecule has 0 aromatic carbocycles. The third kappa shape index (κ3) is 2.19. The number of aliphatic hydroxyl groups is 3. The zero-order valence-electron chi connectivity index (χ0n) is 17.2. The molecule has 5 aliphatic rings. The summed E-state index contributed by atoms with van der Waals surface area (Å²) in [6.07, 6.45) is 7.43. The third-order valence-corrected chi connectivity index (χ3v) is 9.14. The van der Waals surface area contributed by atoms with E-state index in [1.54, 1.807) is 7.11 Å². The molecule has 3 N–H and O–H groups in total. The SMILES string of the molecule is C=C1C[C@]23CCC1(O)CC[C@H]2[C@]1(OC)C=C[C@H](O)[C@@](C)(CO)C1[C@@H]3C(C)C. The van der Waals surface area contributed by atoms with Crippen molar-refractivity contribution >= 4 is 0 Å². The topological polar surface area (TPSA) is 69.9 Å². The van der Waals surface area contributed by atoms with Crippen molar-refractivity contribution in [3.8, 4) is 0 Å². The van der Waals surface area contributed by atoms with Gasteiger partial charge in [0.2, 0.25) is 0 Å². The molecule has 4 fully saturated rings. The maximum Gasteiger partial charge on any atom is 0.0931 e. The second-order valence-corrected chi connectivity index (χ2v) is 10.4. The summed E-state index contributed by atoms with van der Waals surface area (Å²) in [5.41, 5.74) is -0.918. The summed E-state index contributed by atoms with van der Waals surface area (Å²) in [6, 6.07) is 0. The first-order chi connectivity index (χ1) is 12.6. The summed E-state index contributed by atoms with van der Waals surface area (Å²) in [7, 11) is 1.78. The Bertz CT molecular complexity index is 671. The standard InChI is InChI=1S/C23H36O4/c1-14(2)18-19-20(4,13-24)17(25)7-9-23(19,27-5)16-6-8-22(26)11-10-21(16,18)12-15(22)3/h7,9,14,16-19,24-26H,3,6,8,10-13H2,1-2,4-5H3/t16-,17+,18+,19?,20-,21-,22?,23-/m1/s1. The molecule has 0 saturated heterocycles. The van der Waals surface area contributed by atoms with Gasteiger partial charge in [0.1, 0.15) is 0 Å². The van der Waals surface area contributed by atoms with Crippen molar-refractivity contribution in [2.75, 3.05) is 13.7 Å². The lowest BCUT2D eigenvalue weighted by atomic mass is 9.54. The molecule has 4 heteroatoms. The van der Waals surface area contributed by atoms with Crippen LogP contribution < -0.4 is 0 Å². The molecule has 4 saturated carbocycles. The van der Waals surface area contributed by atoms with Gasteiger partial charge in [0.25, 0.3) is 0 Å². The van der Waals surface area contributed by atoms with E-state index in [1.807, 2.05) is 13.0 Å². The lowest BCUT2D eigenvalue weighted by Gasteiger charge is -2.53. The van der Waals surface area contributed by atoms with Gasteiger partial charge in [-0.3, -0.25) is 0 Å². The van der Waals surface area contributed by atoms with E-state index in [4.69, 9.17) is 4.74 Å². The van der Waals surface area contributed by atoms with Gasteiger partial charge in [-0.15, -0.1) is 0 Å². The van der Waals surface area contributed by atoms with Crippen molar-refractivity contribution < 1.29 is 20.1 Å². The molecule has 0 aromatic heterocycles. The Morgan fingerprint density at radius 2 is 2.00 bits per heavy atom. The predicted octanol–water partition coefficient (Wildman–Crippen LogP) is 3.07. The van der Waals surface area contributed by atoms with Crippen molar-refractivity contribution in [1.29, 1.82) is 0 Å². The van der Waals surface area contributed by atoms with Gasteiger partial charge >= 0.3 is 0 Å². The molecule has 0 aromatic rings. The second-order valence-electron chi connectivity index (χ2n) is 10.4. The predicted molar refractivity (Wildman–Crippen MR) is 105 cm³/mol. The number of hydrogen-bond acceptors (Lipinski definition) is 4. The molecular weight excluding hydrogens is 340 g/mol. The van der Waals surface area contributed by atoms with E-state index < -0.39 is 22.7 Å². The van der Waals surface area contributed by atoms with Gasteiger partial charge < -0.3 is 20.1 Å². The van der Waals surface area contributed by atoms with Gasteiger partial charge in [0, 0.05) is 18.4 Å². The number of methoxy groups -OCH3 is 1. The summed E-state index contributed by atoms with van der Waals surface area (Å²) in [5.74, 6) is 0.965. The van der Waals surface area contributed by atoms with E-state index >= 15 is 0 Å². The van der Waals surface area contributed by atoms with Crippen LogP contribution in [0.4, 0.5) is 0 Å². The summed E-state index contributed by atoms with van der Waals surface area (Å²) in [4.78, 5) is 0. The molecule has 27 heavy (non-hydrogen) atoms. The average Bonchev–Trinajstić information content (AvgIpc) is 2.69. The highest BCUT2D eigenvalue weighted by Crippen LogP contribution is 2.74. The first kappa shape index (κ1) is 19.6. The molecule has 4 nitrogen and oxygen atoms in total. The molecule has 2 unspecified atom stereocenters. The maximum atomic E-state index is 11.1. The lowest BCUT2D eigenvalue weighted by molar-refractivity contribution is -0.142. The van der Waals surface area contributed by atoms with Gasteiger partial charge in [-0.1, -0.05) is 39.5 Å². The molecule has 0 amide bonds. The van der Waals surface area contributed by atoms with Crippen LogP contribution in [0, 0.1) is 34.5 Å². The first-order valence-corrected chi connectivity index (χ1v) is 10.6. The zero-order valence-corrected chi connectivity index (χ0v) is 17.2. The molecule has 8 atom stereocenters. The van der Waals surface area contributed by atoms with Crippen molar-refractivity contribution in [2.45, 2.75) is 70.2 Å². The van der Waals surface area contributed by atoms with E-state index in [0.29, 0.717) is 11.8 Å². The molecule has 2 bridgehead atoms. The van der Waals surface area contributed by atoms with Crippen LogP contribution in [0.1, 0.15) is 52.9 Å². The van der Waals surface area contributed by atoms with Crippen molar-refractivity contribution in [2.24, 2.45) is 34.5 Å². The highest BCUT2D eigenvalue weighted by molar-refractivity contribution is 5.35. The Labute approximate surface area is 163 Å². The van der Waals surface area contributed by atoms with Crippen molar-refractivity contribution in [3.05, 3.63) is 24.3 Å². The van der Waals surface area contributed by atoms with Gasteiger partial charge in [-0.25, -0.2) is 0 Å². The molecule has 0 radical (unpaired) electrons. The maximum absolute atomic E-state index is 11.1. The lowest BCUT2D eigenvalue weighted by Crippen LogP contribution is -2.57. The molecule has 5 aliphatic carbocycles. The summed E-state index contributed by atoms with van der Waals surface area (Å²) in [5, 5.41) is 32.4. The van der Waals surface area contributed by atoms with Crippen molar-refractivity contribution in [3.63, 3.8) is 0 Å². The Kier molecular flexibility index (Phi) is 4.30. The number of ether oxygens (including phenoxy) is 1. The van der Waals surface area contributed by atoms with Crippen LogP contribution in [0.25, 0.3) is 0 Å². The summed E-state index contributed by atoms with van der Waals surface area (Å²) < 4.78 is 6.35. The number of rotatable bonds is 3. The Balaban J connectivity index is 1.97. The van der Waals surface area contributed by atoms with E-state index in [9.17, 15) is 15.3 Å². The minimum Gasteiger partial charge on any atom is -0.396 e. The van der Waals surface area contributed by atoms with Gasteiger partial charge in [-0.05, 0) is 60.8 Å². The Morgan fingerprint density at radius 3 is 2.56 bits per heavy atom. The first-order valence-electron chi connectivity index (χ1n) is 10.6. The van der Waals surface area contributed by atoms with Gasteiger partial charge in [0.15, 0.2) is 0 Å². The van der Waals surface area contributed by atoms with E-state index in [1.165, 1.54) is 0 Å². The molecule has 152 valence electrons. The van der Waals surface area contributed by atoms with Crippen LogP contribution in [-0.4, -0.2) is 46.3 Å². The second kappa shape index (κ2) is 5.91. The number of aliphatic hydroxyl groups excluding tert-OH is 2. The van der Waals surface area contributed by atoms with Crippen LogP contribution in [-0.2, 0) is 4.74 Å².